The third-order valence-electron chi connectivity index (χ3n) is 1.69. The fourth-order valence-corrected chi connectivity index (χ4v) is 0.826. The number of ether oxygens (including phenoxy) is 3. The van der Waals surface area contributed by atoms with E-state index in [2.05, 4.69) is 11.7 Å². The molecule has 0 fully saturated rings. The normalized spacial score (nSPS) is 10.1. The van der Waals surface area contributed by atoms with Gasteiger partial charge in [0, 0.05) is 6.61 Å². The molecule has 0 spiro atoms. The van der Waals surface area contributed by atoms with E-state index >= 15 is 0 Å². The van der Waals surface area contributed by atoms with Gasteiger partial charge in [-0.1, -0.05) is 13.3 Å². The largest absolute Gasteiger partial charge is 0.469 e. The molecule has 4 nitrogen and oxygen atoms in total. The fraction of sp³-hybridized carbons (Fsp3) is 0.900. The Hall–Kier alpha value is -0.610. The van der Waals surface area contributed by atoms with Gasteiger partial charge in [-0.3, -0.25) is 4.79 Å². The van der Waals surface area contributed by atoms with Gasteiger partial charge in [0.05, 0.1) is 33.4 Å². The zero-order valence-electron chi connectivity index (χ0n) is 9.08. The summed E-state index contributed by atoms with van der Waals surface area (Å²) in [7, 11) is 1.37. The summed E-state index contributed by atoms with van der Waals surface area (Å²) in [6.45, 7) is 4.46. The van der Waals surface area contributed by atoms with Gasteiger partial charge in [0.15, 0.2) is 0 Å². The van der Waals surface area contributed by atoms with Crippen molar-refractivity contribution in [3.05, 3.63) is 0 Å². The van der Waals surface area contributed by atoms with Crippen LogP contribution >= 0.6 is 0 Å². The van der Waals surface area contributed by atoms with E-state index in [4.69, 9.17) is 9.47 Å². The van der Waals surface area contributed by atoms with Crippen LogP contribution in [0.1, 0.15) is 26.2 Å². The molecule has 0 radical (unpaired) electrons. The lowest BCUT2D eigenvalue weighted by Gasteiger charge is -2.04. The summed E-state index contributed by atoms with van der Waals surface area (Å²) in [4.78, 5) is 10.7. The summed E-state index contributed by atoms with van der Waals surface area (Å²) in [5.74, 6) is -0.239. The number of hydrogen-bond donors (Lipinski definition) is 0. The monoisotopic (exact) mass is 204 g/mol. The smallest absolute Gasteiger partial charge is 0.307 e. The molecule has 0 unspecified atom stereocenters. The Labute approximate surface area is 85.5 Å². The molecule has 0 aliphatic carbocycles. The molecular formula is C10H20O4. The quantitative estimate of drug-likeness (QED) is 0.420. The van der Waals surface area contributed by atoms with E-state index in [0.717, 1.165) is 19.4 Å². The highest BCUT2D eigenvalue weighted by atomic mass is 16.5. The minimum atomic E-state index is -0.239. The maximum atomic E-state index is 10.7. The lowest BCUT2D eigenvalue weighted by Crippen LogP contribution is -2.09. The number of carbonyl (C=O) groups is 1. The zero-order chi connectivity index (χ0) is 10.6. The molecule has 84 valence electrons. The molecule has 0 rings (SSSR count). The van der Waals surface area contributed by atoms with Crippen molar-refractivity contribution in [2.75, 3.05) is 33.5 Å². The van der Waals surface area contributed by atoms with E-state index in [0.29, 0.717) is 26.2 Å². The number of methoxy groups -OCH3 is 1. The van der Waals surface area contributed by atoms with E-state index in [1.165, 1.54) is 7.11 Å². The first-order valence-electron chi connectivity index (χ1n) is 5.03. The van der Waals surface area contributed by atoms with Crippen molar-refractivity contribution in [1.29, 1.82) is 0 Å². The Morgan fingerprint density at radius 2 is 1.71 bits per heavy atom. The molecule has 0 aliphatic rings. The van der Waals surface area contributed by atoms with Crippen LogP contribution < -0.4 is 0 Å². The zero-order valence-corrected chi connectivity index (χ0v) is 9.08. The van der Waals surface area contributed by atoms with Gasteiger partial charge >= 0.3 is 5.97 Å². The van der Waals surface area contributed by atoms with E-state index < -0.39 is 0 Å². The van der Waals surface area contributed by atoms with Crippen LogP contribution in [0.5, 0.6) is 0 Å². The predicted octanol–water partition coefficient (Wildman–Crippen LogP) is 1.38. The molecule has 0 atom stereocenters. The molecule has 0 bridgehead atoms. The molecule has 0 aliphatic heterocycles. The molecule has 0 aromatic heterocycles. The molecule has 0 saturated heterocycles. The van der Waals surface area contributed by atoms with Crippen molar-refractivity contribution in [2.45, 2.75) is 26.2 Å². The molecular weight excluding hydrogens is 184 g/mol. The summed E-state index contributed by atoms with van der Waals surface area (Å²) in [6.07, 6.45) is 2.54. The number of esters is 1. The third kappa shape index (κ3) is 9.48. The minimum absolute atomic E-state index is 0.239. The minimum Gasteiger partial charge on any atom is -0.469 e. The standard InChI is InChI=1S/C10H20O4/c1-3-4-6-13-8-9-14-7-5-10(11)12-2/h3-9H2,1-2H3. The summed E-state index contributed by atoms with van der Waals surface area (Å²) in [5, 5.41) is 0. The van der Waals surface area contributed by atoms with Crippen molar-refractivity contribution in [3.8, 4) is 0 Å². The molecule has 14 heavy (non-hydrogen) atoms. The predicted molar refractivity (Wildman–Crippen MR) is 53.2 cm³/mol. The molecule has 0 amide bonds. The fourth-order valence-electron chi connectivity index (χ4n) is 0.826. The molecule has 4 heteroatoms. The molecule has 0 aromatic carbocycles. The molecule has 0 saturated carbocycles. The topological polar surface area (TPSA) is 44.8 Å². The number of rotatable bonds is 9. The SMILES string of the molecule is CCCCOCCOCCC(=O)OC. The third-order valence-corrected chi connectivity index (χ3v) is 1.69. The summed E-state index contributed by atoms with van der Waals surface area (Å²) < 4.78 is 14.9. The van der Waals surface area contributed by atoms with Gasteiger partial charge in [0.2, 0.25) is 0 Å². The van der Waals surface area contributed by atoms with Gasteiger partial charge in [-0.15, -0.1) is 0 Å². The van der Waals surface area contributed by atoms with E-state index in [9.17, 15) is 4.79 Å². The lowest BCUT2D eigenvalue weighted by molar-refractivity contribution is -0.141. The highest BCUT2D eigenvalue weighted by Gasteiger charge is 1.98. The van der Waals surface area contributed by atoms with Gasteiger partial charge < -0.3 is 14.2 Å². The number of hydrogen-bond acceptors (Lipinski definition) is 4. The van der Waals surface area contributed by atoms with Crippen molar-refractivity contribution in [2.24, 2.45) is 0 Å². The van der Waals surface area contributed by atoms with Gasteiger partial charge in [-0.25, -0.2) is 0 Å². The van der Waals surface area contributed by atoms with Crippen LogP contribution in [0.15, 0.2) is 0 Å². The Bertz CT molecular complexity index is 136. The van der Waals surface area contributed by atoms with Crippen LogP contribution in [0.4, 0.5) is 0 Å². The van der Waals surface area contributed by atoms with Gasteiger partial charge in [0.1, 0.15) is 0 Å². The first-order chi connectivity index (χ1) is 6.81. The van der Waals surface area contributed by atoms with E-state index in [1.807, 2.05) is 0 Å². The maximum absolute atomic E-state index is 10.7. The molecule has 0 aromatic rings. The Morgan fingerprint density at radius 3 is 2.29 bits per heavy atom. The van der Waals surface area contributed by atoms with Crippen molar-refractivity contribution in [3.63, 3.8) is 0 Å². The van der Waals surface area contributed by atoms with E-state index in [1.54, 1.807) is 0 Å². The van der Waals surface area contributed by atoms with Crippen LogP contribution in [-0.4, -0.2) is 39.5 Å². The summed E-state index contributed by atoms with van der Waals surface area (Å²) in [5.41, 5.74) is 0. The lowest BCUT2D eigenvalue weighted by atomic mass is 10.4. The van der Waals surface area contributed by atoms with Crippen LogP contribution in [0.25, 0.3) is 0 Å². The average molecular weight is 204 g/mol. The second kappa shape index (κ2) is 10.5. The Balaban J connectivity index is 2.95. The molecule has 0 N–H and O–H groups in total. The second-order valence-corrected chi connectivity index (χ2v) is 2.90. The van der Waals surface area contributed by atoms with E-state index in [-0.39, 0.29) is 5.97 Å². The van der Waals surface area contributed by atoms with Gasteiger partial charge in [-0.2, -0.15) is 0 Å². The summed E-state index contributed by atoms with van der Waals surface area (Å²) >= 11 is 0. The Morgan fingerprint density at radius 1 is 1.07 bits per heavy atom. The van der Waals surface area contributed by atoms with Crippen molar-refractivity contribution >= 4 is 5.97 Å². The maximum Gasteiger partial charge on any atom is 0.307 e. The second-order valence-electron chi connectivity index (χ2n) is 2.90. The summed E-state index contributed by atoms with van der Waals surface area (Å²) in [6, 6.07) is 0. The van der Waals surface area contributed by atoms with Crippen LogP contribution in [-0.2, 0) is 19.0 Å². The first kappa shape index (κ1) is 13.4. The van der Waals surface area contributed by atoms with Gasteiger partial charge in [-0.05, 0) is 6.42 Å². The first-order valence-corrected chi connectivity index (χ1v) is 5.03. The van der Waals surface area contributed by atoms with Crippen LogP contribution in [0, 0.1) is 0 Å². The molecule has 0 heterocycles. The van der Waals surface area contributed by atoms with Crippen LogP contribution in [0.2, 0.25) is 0 Å². The highest BCUT2D eigenvalue weighted by Crippen LogP contribution is 1.89. The van der Waals surface area contributed by atoms with Gasteiger partial charge in [0.25, 0.3) is 0 Å². The van der Waals surface area contributed by atoms with Crippen LogP contribution in [0.3, 0.4) is 0 Å². The Kier molecular flexibility index (Phi) is 10.0. The van der Waals surface area contributed by atoms with Crippen molar-refractivity contribution in [1.82, 2.24) is 0 Å². The number of unbranched alkanes of at least 4 members (excludes halogenated alkanes) is 1. The number of carbonyl (C=O) groups excluding carboxylic acids is 1. The van der Waals surface area contributed by atoms with Crippen molar-refractivity contribution < 1.29 is 19.0 Å². The average Bonchev–Trinajstić information content (AvgIpc) is 2.21. The highest BCUT2D eigenvalue weighted by molar-refractivity contribution is 5.69.